The molecule has 2 amide bonds. The van der Waals surface area contributed by atoms with Crippen molar-refractivity contribution in [1.29, 1.82) is 0 Å². The van der Waals surface area contributed by atoms with Gasteiger partial charge in [-0.25, -0.2) is 4.39 Å². The summed E-state index contributed by atoms with van der Waals surface area (Å²) in [6, 6.07) is 19.3. The number of para-hydroxylation sites is 1. The van der Waals surface area contributed by atoms with Crippen LogP contribution in [0.5, 0.6) is 0 Å². The van der Waals surface area contributed by atoms with E-state index in [2.05, 4.69) is 37.6 Å². The third-order valence-electron chi connectivity index (χ3n) is 5.71. The maximum atomic E-state index is 13.0. The minimum atomic E-state index is -0.791. The van der Waals surface area contributed by atoms with Crippen LogP contribution in [0.15, 0.2) is 79.1 Å². The van der Waals surface area contributed by atoms with E-state index in [-0.39, 0.29) is 12.6 Å². The van der Waals surface area contributed by atoms with E-state index in [1.54, 1.807) is 12.4 Å². The number of pyridine rings is 1. The fraction of sp³-hybridized carbons (Fsp3) is 0.240. The van der Waals surface area contributed by atoms with E-state index in [4.69, 9.17) is 0 Å². The van der Waals surface area contributed by atoms with Gasteiger partial charge in [0.15, 0.2) is 0 Å². The smallest absolute Gasteiger partial charge is 0.313 e. The first-order chi connectivity index (χ1) is 16.1. The van der Waals surface area contributed by atoms with Gasteiger partial charge < -0.3 is 15.5 Å². The molecule has 33 heavy (non-hydrogen) atoms. The second-order valence-corrected chi connectivity index (χ2v) is 7.83. The second kappa shape index (κ2) is 10.7. The van der Waals surface area contributed by atoms with E-state index in [0.717, 1.165) is 31.7 Å². The average Bonchev–Trinajstić information content (AvgIpc) is 2.87. The van der Waals surface area contributed by atoms with Crippen LogP contribution in [-0.2, 0) is 9.59 Å². The van der Waals surface area contributed by atoms with Gasteiger partial charge in [0, 0.05) is 56.5 Å². The van der Waals surface area contributed by atoms with E-state index in [1.165, 1.54) is 30.0 Å². The first-order valence-corrected chi connectivity index (χ1v) is 10.9. The highest BCUT2D eigenvalue weighted by Gasteiger charge is 2.26. The van der Waals surface area contributed by atoms with E-state index >= 15 is 0 Å². The molecule has 2 aromatic carbocycles. The van der Waals surface area contributed by atoms with Crippen LogP contribution in [0.4, 0.5) is 15.8 Å². The molecule has 2 heterocycles. The van der Waals surface area contributed by atoms with E-state index < -0.39 is 17.6 Å². The fourth-order valence-corrected chi connectivity index (χ4v) is 3.95. The number of aromatic nitrogens is 1. The van der Waals surface area contributed by atoms with Crippen molar-refractivity contribution in [2.75, 3.05) is 42.9 Å². The van der Waals surface area contributed by atoms with Crippen molar-refractivity contribution in [3.8, 4) is 0 Å². The first kappa shape index (κ1) is 22.4. The predicted molar refractivity (Wildman–Crippen MR) is 125 cm³/mol. The lowest BCUT2D eigenvalue weighted by Crippen LogP contribution is -2.50. The van der Waals surface area contributed by atoms with Gasteiger partial charge in [-0.05, 0) is 48.0 Å². The number of benzene rings is 2. The number of piperazine rings is 1. The Morgan fingerprint density at radius 3 is 2.30 bits per heavy atom. The number of anilines is 2. The summed E-state index contributed by atoms with van der Waals surface area (Å²) in [6.45, 7) is 3.62. The molecule has 1 fully saturated rings. The van der Waals surface area contributed by atoms with Crippen molar-refractivity contribution in [2.24, 2.45) is 0 Å². The lowest BCUT2D eigenvalue weighted by Gasteiger charge is -2.40. The number of rotatable bonds is 6. The number of amides is 2. The highest BCUT2D eigenvalue weighted by molar-refractivity contribution is 6.39. The van der Waals surface area contributed by atoms with Gasteiger partial charge in [0.1, 0.15) is 5.82 Å². The molecule has 2 N–H and O–H groups in total. The van der Waals surface area contributed by atoms with Crippen molar-refractivity contribution >= 4 is 23.2 Å². The van der Waals surface area contributed by atoms with Crippen LogP contribution in [0.2, 0.25) is 0 Å². The second-order valence-electron chi connectivity index (χ2n) is 7.83. The van der Waals surface area contributed by atoms with Gasteiger partial charge in [-0.15, -0.1) is 0 Å². The summed E-state index contributed by atoms with van der Waals surface area (Å²) in [6.07, 6.45) is 3.50. The summed E-state index contributed by atoms with van der Waals surface area (Å²) in [5.41, 5.74) is 2.53. The molecule has 0 bridgehead atoms. The molecule has 0 unspecified atom stereocenters. The molecule has 1 aliphatic rings. The molecule has 1 saturated heterocycles. The van der Waals surface area contributed by atoms with Gasteiger partial charge >= 0.3 is 11.8 Å². The average molecular weight is 448 g/mol. The van der Waals surface area contributed by atoms with Crippen LogP contribution in [0.25, 0.3) is 0 Å². The Morgan fingerprint density at radius 2 is 1.64 bits per heavy atom. The molecule has 8 heteroatoms. The Balaban J connectivity index is 1.38. The molecule has 0 aliphatic carbocycles. The summed E-state index contributed by atoms with van der Waals surface area (Å²) < 4.78 is 13.0. The molecule has 1 aromatic heterocycles. The Hall–Kier alpha value is -3.78. The van der Waals surface area contributed by atoms with Gasteiger partial charge in [0.05, 0.1) is 6.04 Å². The predicted octanol–water partition coefficient (Wildman–Crippen LogP) is 2.84. The van der Waals surface area contributed by atoms with Gasteiger partial charge in [-0.1, -0.05) is 24.3 Å². The third kappa shape index (κ3) is 5.93. The number of carbonyl (C=O) groups is 2. The van der Waals surface area contributed by atoms with Crippen molar-refractivity contribution < 1.29 is 14.0 Å². The number of nitrogens with one attached hydrogen (secondary N) is 2. The Kier molecular flexibility index (Phi) is 7.26. The number of hydrogen-bond acceptors (Lipinski definition) is 5. The zero-order valence-corrected chi connectivity index (χ0v) is 18.2. The SMILES string of the molecule is O=C(NC[C@H](c1cccnc1)N1CCN(c2ccccc2)CC1)C(=O)Nc1ccc(F)cc1. The normalized spacial score (nSPS) is 15.0. The van der Waals surface area contributed by atoms with Crippen LogP contribution in [0, 0.1) is 5.82 Å². The molecule has 0 radical (unpaired) electrons. The van der Waals surface area contributed by atoms with Crippen LogP contribution < -0.4 is 15.5 Å². The van der Waals surface area contributed by atoms with E-state index in [9.17, 15) is 14.0 Å². The molecule has 1 atom stereocenters. The Bertz CT molecular complexity index is 1060. The zero-order chi connectivity index (χ0) is 23.0. The van der Waals surface area contributed by atoms with Crippen LogP contribution >= 0.6 is 0 Å². The molecule has 4 rings (SSSR count). The van der Waals surface area contributed by atoms with E-state index in [0.29, 0.717) is 5.69 Å². The maximum Gasteiger partial charge on any atom is 0.313 e. The highest BCUT2D eigenvalue weighted by atomic mass is 19.1. The van der Waals surface area contributed by atoms with E-state index in [1.807, 2.05) is 30.3 Å². The summed E-state index contributed by atoms with van der Waals surface area (Å²) in [7, 11) is 0. The molecular weight excluding hydrogens is 421 g/mol. The van der Waals surface area contributed by atoms with Crippen LogP contribution in [0.3, 0.4) is 0 Å². The number of hydrogen-bond donors (Lipinski definition) is 2. The topological polar surface area (TPSA) is 77.6 Å². The molecular formula is C25H26FN5O2. The Labute approximate surface area is 192 Å². The summed E-state index contributed by atoms with van der Waals surface area (Å²) in [4.78, 5) is 33.6. The van der Waals surface area contributed by atoms with Gasteiger partial charge in [0.25, 0.3) is 0 Å². The minimum absolute atomic E-state index is 0.112. The Morgan fingerprint density at radius 1 is 0.909 bits per heavy atom. The number of halogens is 1. The first-order valence-electron chi connectivity index (χ1n) is 10.9. The fourth-order valence-electron chi connectivity index (χ4n) is 3.95. The molecule has 170 valence electrons. The lowest BCUT2D eigenvalue weighted by molar-refractivity contribution is -0.136. The van der Waals surface area contributed by atoms with Crippen LogP contribution in [0.1, 0.15) is 11.6 Å². The summed E-state index contributed by atoms with van der Waals surface area (Å²) in [5, 5.41) is 5.23. The molecule has 3 aromatic rings. The highest BCUT2D eigenvalue weighted by Crippen LogP contribution is 2.23. The number of nitrogens with zero attached hydrogens (tertiary/aromatic N) is 3. The molecule has 7 nitrogen and oxygen atoms in total. The van der Waals surface area contributed by atoms with Crippen molar-refractivity contribution in [3.05, 3.63) is 90.5 Å². The molecule has 0 saturated carbocycles. The van der Waals surface area contributed by atoms with Crippen molar-refractivity contribution in [1.82, 2.24) is 15.2 Å². The summed E-state index contributed by atoms with van der Waals surface area (Å²) in [5.74, 6) is -1.94. The molecule has 0 spiro atoms. The lowest BCUT2D eigenvalue weighted by atomic mass is 10.1. The maximum absolute atomic E-state index is 13.0. The number of carbonyl (C=O) groups excluding carboxylic acids is 2. The summed E-state index contributed by atoms with van der Waals surface area (Å²) >= 11 is 0. The third-order valence-corrected chi connectivity index (χ3v) is 5.71. The quantitative estimate of drug-likeness (QED) is 0.569. The molecule has 1 aliphatic heterocycles. The van der Waals surface area contributed by atoms with Gasteiger partial charge in [-0.3, -0.25) is 19.5 Å². The minimum Gasteiger partial charge on any atom is -0.369 e. The van der Waals surface area contributed by atoms with Crippen LogP contribution in [-0.4, -0.2) is 54.4 Å². The largest absolute Gasteiger partial charge is 0.369 e. The van der Waals surface area contributed by atoms with Gasteiger partial charge in [0.2, 0.25) is 0 Å². The van der Waals surface area contributed by atoms with Crippen molar-refractivity contribution in [2.45, 2.75) is 6.04 Å². The van der Waals surface area contributed by atoms with Crippen molar-refractivity contribution in [3.63, 3.8) is 0 Å². The van der Waals surface area contributed by atoms with Gasteiger partial charge in [-0.2, -0.15) is 0 Å². The monoisotopic (exact) mass is 447 g/mol. The zero-order valence-electron chi connectivity index (χ0n) is 18.2. The standard InChI is InChI=1S/C25H26FN5O2/c26-20-8-10-21(11-9-20)29-25(33)24(32)28-18-23(19-5-4-12-27-17-19)31-15-13-30(14-16-31)22-6-2-1-3-7-22/h1-12,17,23H,13-16,18H2,(H,28,32)(H,29,33)/t23-/m1/s1.